The number of esters is 1. The minimum absolute atomic E-state index is 0.0123. The first kappa shape index (κ1) is 25.3. The molecule has 2 fully saturated rings. The van der Waals surface area contributed by atoms with Crippen LogP contribution in [0.4, 0.5) is 4.39 Å². The number of nitrogens with zero attached hydrogens (tertiary/aromatic N) is 3. The average molecular weight is 500 g/mol. The van der Waals surface area contributed by atoms with E-state index >= 15 is 0 Å². The lowest BCUT2D eigenvalue weighted by atomic mass is 9.93. The zero-order valence-electron chi connectivity index (χ0n) is 20.0. The van der Waals surface area contributed by atoms with Crippen molar-refractivity contribution in [3.05, 3.63) is 65.3 Å². The topological polar surface area (TPSA) is 81.5 Å². The second-order valence-electron chi connectivity index (χ2n) is 8.88. The van der Waals surface area contributed by atoms with Gasteiger partial charge in [0.15, 0.2) is 16.6 Å². The summed E-state index contributed by atoms with van der Waals surface area (Å²) in [6.45, 7) is 5.01. The fourth-order valence-electron chi connectivity index (χ4n) is 4.44. The van der Waals surface area contributed by atoms with E-state index in [1.165, 1.54) is 17.8 Å². The predicted octanol–water partition coefficient (Wildman–Crippen LogP) is 4.20. The van der Waals surface area contributed by atoms with Crippen LogP contribution in [0.5, 0.6) is 0 Å². The van der Waals surface area contributed by atoms with Gasteiger partial charge in [-0.25, -0.2) is 9.18 Å². The molecule has 2 heterocycles. The highest BCUT2D eigenvalue weighted by molar-refractivity contribution is 8.14. The molecule has 1 aromatic heterocycles. The molecular weight excluding hydrogens is 469 g/mol. The van der Waals surface area contributed by atoms with Gasteiger partial charge in [0.05, 0.1) is 19.2 Å². The molecule has 0 radical (unpaired) electrons. The smallest absolute Gasteiger partial charge is 0.358 e. The summed E-state index contributed by atoms with van der Waals surface area (Å²) in [5.74, 6) is -0.792. The molecule has 0 N–H and O–H groups in total. The van der Waals surface area contributed by atoms with Crippen LogP contribution >= 0.6 is 11.8 Å². The van der Waals surface area contributed by atoms with Gasteiger partial charge >= 0.3 is 5.97 Å². The number of benzene rings is 1. The van der Waals surface area contributed by atoms with Gasteiger partial charge in [-0.2, -0.15) is 5.10 Å². The summed E-state index contributed by atoms with van der Waals surface area (Å²) >= 11 is 1.28. The summed E-state index contributed by atoms with van der Waals surface area (Å²) < 4.78 is 21.4. The Morgan fingerprint density at radius 2 is 2.00 bits per heavy atom. The summed E-state index contributed by atoms with van der Waals surface area (Å²) in [6, 6.07) is 7.45. The summed E-state index contributed by atoms with van der Waals surface area (Å²) in [7, 11) is 0. The van der Waals surface area contributed by atoms with E-state index in [2.05, 4.69) is 5.10 Å². The normalized spacial score (nSPS) is 20.5. The van der Waals surface area contributed by atoms with Crippen LogP contribution in [0.3, 0.4) is 0 Å². The molecule has 2 aliphatic rings. The molecule has 186 valence electrons. The highest BCUT2D eigenvalue weighted by Gasteiger charge is 2.41. The Kier molecular flexibility index (Phi) is 8.18. The molecule has 2 atom stereocenters. The molecule has 2 aromatic rings. The number of thioether (sulfide) groups is 1. The molecule has 1 saturated heterocycles. The van der Waals surface area contributed by atoms with Gasteiger partial charge in [-0.1, -0.05) is 36.0 Å². The highest BCUT2D eigenvalue weighted by Crippen LogP contribution is 2.40. The quantitative estimate of drug-likeness (QED) is 0.378. The maximum atomic E-state index is 14.8. The van der Waals surface area contributed by atoms with Crippen molar-refractivity contribution < 1.29 is 23.5 Å². The molecule has 7 nitrogen and oxygen atoms in total. The van der Waals surface area contributed by atoms with Gasteiger partial charge in [0.25, 0.3) is 0 Å². The monoisotopic (exact) mass is 499 g/mol. The lowest BCUT2D eigenvalue weighted by Gasteiger charge is -2.38. The van der Waals surface area contributed by atoms with Crippen molar-refractivity contribution in [2.24, 2.45) is 5.92 Å². The Morgan fingerprint density at radius 3 is 2.69 bits per heavy atom. The number of carbonyl (C=O) groups excluding carboxylic acids is 3. The molecule has 2 unspecified atom stereocenters. The Hall–Kier alpha value is -2.78. The van der Waals surface area contributed by atoms with Gasteiger partial charge in [0.1, 0.15) is 5.82 Å². The summed E-state index contributed by atoms with van der Waals surface area (Å²) in [4.78, 5) is 39.1. The van der Waals surface area contributed by atoms with E-state index in [0.717, 1.165) is 18.4 Å². The molecule has 1 aromatic carbocycles. The van der Waals surface area contributed by atoms with Crippen LogP contribution in [0.2, 0.25) is 0 Å². The Morgan fingerprint density at radius 1 is 1.23 bits per heavy atom. The third-order valence-electron chi connectivity index (χ3n) is 6.27. The molecule has 1 aliphatic heterocycles. The number of piperidine rings is 1. The van der Waals surface area contributed by atoms with Crippen molar-refractivity contribution in [1.82, 2.24) is 14.7 Å². The largest absolute Gasteiger partial charge is 0.461 e. The van der Waals surface area contributed by atoms with Gasteiger partial charge in [-0.15, -0.1) is 0 Å². The van der Waals surface area contributed by atoms with Crippen LogP contribution < -0.4 is 0 Å². The molecule has 1 saturated carbocycles. The van der Waals surface area contributed by atoms with Crippen LogP contribution in [-0.2, 0) is 20.9 Å². The third-order valence-corrected chi connectivity index (χ3v) is 7.42. The fourth-order valence-corrected chi connectivity index (χ4v) is 5.39. The number of rotatable bonds is 9. The number of likely N-dealkylation sites (tertiary alicyclic amines) is 1. The Bertz CT molecular complexity index is 1130. The number of Topliss-reactive ketones (excluding diaryl/α,β-unsaturated/α-hetero) is 1. The fraction of sp³-hybridized carbons (Fsp3) is 0.462. The number of carbonyl (C=O) groups is 3. The molecular formula is C26H30FN3O4S. The van der Waals surface area contributed by atoms with Crippen molar-refractivity contribution in [2.45, 2.75) is 50.9 Å². The lowest BCUT2D eigenvalue weighted by molar-refractivity contribution is -0.126. The molecule has 0 bridgehead atoms. The van der Waals surface area contributed by atoms with Crippen molar-refractivity contribution >= 4 is 28.6 Å². The van der Waals surface area contributed by atoms with Gasteiger partial charge in [0.2, 0.25) is 0 Å². The van der Waals surface area contributed by atoms with E-state index in [1.54, 1.807) is 49.0 Å². The average Bonchev–Trinajstić information content (AvgIpc) is 3.57. The minimum atomic E-state index is -0.643. The first-order valence-corrected chi connectivity index (χ1v) is 12.8. The number of ketones is 1. The first-order valence-electron chi connectivity index (χ1n) is 12.0. The summed E-state index contributed by atoms with van der Waals surface area (Å²) in [5, 5.41) is 4.28. The van der Waals surface area contributed by atoms with E-state index < -0.39 is 12.0 Å². The second kappa shape index (κ2) is 11.3. The molecule has 0 amide bonds. The number of allylic oxidation sites excluding steroid dienone is 1. The van der Waals surface area contributed by atoms with Gasteiger partial charge < -0.3 is 4.74 Å². The van der Waals surface area contributed by atoms with Gasteiger partial charge in [-0.05, 0) is 43.9 Å². The van der Waals surface area contributed by atoms with Crippen molar-refractivity contribution in [3.63, 3.8) is 0 Å². The number of aromatic nitrogens is 2. The number of ether oxygens (including phenoxy) is 1. The lowest BCUT2D eigenvalue weighted by Crippen LogP contribution is -2.43. The minimum Gasteiger partial charge on any atom is -0.461 e. The maximum Gasteiger partial charge on any atom is 0.358 e. The molecule has 0 spiro atoms. The van der Waals surface area contributed by atoms with Crippen LogP contribution in [0.25, 0.3) is 0 Å². The van der Waals surface area contributed by atoms with E-state index in [0.29, 0.717) is 31.6 Å². The SMILES string of the molecule is CCOC(=O)c1ccn(CC=C2CN(C(C(=O)C3CC3)c3ccccc3F)CCC2SC(C)=O)n1. The van der Waals surface area contributed by atoms with E-state index in [1.807, 2.05) is 11.0 Å². The number of hydrogen-bond acceptors (Lipinski definition) is 7. The van der Waals surface area contributed by atoms with Crippen LogP contribution in [0.15, 0.2) is 48.2 Å². The van der Waals surface area contributed by atoms with E-state index in [4.69, 9.17) is 4.74 Å². The van der Waals surface area contributed by atoms with E-state index in [9.17, 15) is 18.8 Å². The van der Waals surface area contributed by atoms with Crippen molar-refractivity contribution in [3.8, 4) is 0 Å². The summed E-state index contributed by atoms with van der Waals surface area (Å²) in [5.41, 5.74) is 1.64. The van der Waals surface area contributed by atoms with E-state index in [-0.39, 0.29) is 40.2 Å². The Labute approximate surface area is 208 Å². The van der Waals surface area contributed by atoms with Gasteiger partial charge in [-0.3, -0.25) is 19.2 Å². The van der Waals surface area contributed by atoms with Crippen LogP contribution in [0, 0.1) is 11.7 Å². The molecule has 1 aliphatic carbocycles. The van der Waals surface area contributed by atoms with Crippen LogP contribution in [0.1, 0.15) is 55.2 Å². The molecule has 9 heteroatoms. The zero-order chi connectivity index (χ0) is 24.9. The second-order valence-corrected chi connectivity index (χ2v) is 10.3. The summed E-state index contributed by atoms with van der Waals surface area (Å²) in [6.07, 6.45) is 6.08. The number of halogens is 1. The predicted molar refractivity (Wildman–Crippen MR) is 131 cm³/mol. The first-order chi connectivity index (χ1) is 16.9. The van der Waals surface area contributed by atoms with Crippen molar-refractivity contribution in [2.75, 3.05) is 19.7 Å². The number of hydrogen-bond donors (Lipinski definition) is 0. The molecule has 35 heavy (non-hydrogen) atoms. The van der Waals surface area contributed by atoms with Crippen molar-refractivity contribution in [1.29, 1.82) is 0 Å². The zero-order valence-corrected chi connectivity index (χ0v) is 20.8. The van der Waals surface area contributed by atoms with Gasteiger partial charge in [0, 0.05) is 42.9 Å². The Balaban J connectivity index is 1.57. The molecule has 4 rings (SSSR count). The highest BCUT2D eigenvalue weighted by atomic mass is 32.2. The van der Waals surface area contributed by atoms with Crippen LogP contribution in [-0.4, -0.2) is 56.5 Å². The maximum absolute atomic E-state index is 14.8. The third kappa shape index (κ3) is 6.27. The standard InChI is InChI=1S/C26H30FN3O4S/c1-3-34-26(33)22-11-15-30(28-22)14-10-19-16-29(13-12-23(19)35-17(2)31)24(25(32)18-8-9-18)20-6-4-5-7-21(20)27/h4-7,10-11,15,18,23-24H,3,8-9,12-14,16H2,1-2H3.